The van der Waals surface area contributed by atoms with E-state index in [4.69, 9.17) is 14.4 Å². The molecule has 1 saturated heterocycles. The normalized spacial score (nSPS) is 22.5. The van der Waals surface area contributed by atoms with Gasteiger partial charge in [0, 0.05) is 12.3 Å². The summed E-state index contributed by atoms with van der Waals surface area (Å²) in [5, 5.41) is 10.8. The summed E-state index contributed by atoms with van der Waals surface area (Å²) in [5.41, 5.74) is -1.11. The largest absolute Gasteiger partial charge is 0.497 e. The van der Waals surface area contributed by atoms with E-state index in [1.54, 1.807) is 0 Å². The van der Waals surface area contributed by atoms with Crippen molar-refractivity contribution in [2.75, 3.05) is 6.61 Å². The Bertz CT molecular complexity index is 702. The third-order valence-electron chi connectivity index (χ3n) is 3.42. The lowest BCUT2D eigenvalue weighted by Crippen LogP contribution is -2.35. The molecule has 3 atom stereocenters. The van der Waals surface area contributed by atoms with Crippen molar-refractivity contribution in [3.05, 3.63) is 33.1 Å². The summed E-state index contributed by atoms with van der Waals surface area (Å²) in [6.07, 6.45) is 1.18. The van der Waals surface area contributed by atoms with Crippen molar-refractivity contribution in [2.45, 2.75) is 38.1 Å². The third-order valence-corrected chi connectivity index (χ3v) is 4.65. The molecule has 12 heteroatoms. The fourth-order valence-electron chi connectivity index (χ4n) is 2.20. The average Bonchev–Trinajstić information content (AvgIpc) is 2.93. The number of aliphatic carboxylic acids is 1. The van der Waals surface area contributed by atoms with Gasteiger partial charge in [0.2, 0.25) is 0 Å². The van der Waals surface area contributed by atoms with Gasteiger partial charge in [-0.1, -0.05) is 0 Å². The topological polar surface area (TPSA) is 163 Å². The van der Waals surface area contributed by atoms with E-state index in [0.717, 1.165) is 0 Å². The molecule has 134 valence electrons. The van der Waals surface area contributed by atoms with E-state index in [1.807, 2.05) is 0 Å². The van der Waals surface area contributed by atoms with Crippen LogP contribution in [0.25, 0.3) is 0 Å². The molecule has 2 heterocycles. The van der Waals surface area contributed by atoms with E-state index in [-0.39, 0.29) is 6.61 Å². The molecule has 5 N–H and O–H groups in total. The van der Waals surface area contributed by atoms with E-state index in [0.29, 0.717) is 12.8 Å². The SMILES string of the molecule is CC(N[P+](O)(O)OCC1CCC(n2ccc(=O)[nH]c2=O)O1)C(=O)O. The number of aromatic amines is 1. The zero-order valence-corrected chi connectivity index (χ0v) is 13.7. The number of carboxylic acid groups (broad SMARTS) is 1. The molecule has 24 heavy (non-hydrogen) atoms. The molecule has 0 spiro atoms. The molecule has 1 aromatic rings. The predicted octanol–water partition coefficient (Wildman–Crippen LogP) is -1.04. The van der Waals surface area contributed by atoms with Crippen LogP contribution in [-0.2, 0) is 14.1 Å². The van der Waals surface area contributed by atoms with E-state index < -0.39 is 43.7 Å². The monoisotopic (exact) mass is 364 g/mol. The van der Waals surface area contributed by atoms with E-state index >= 15 is 0 Å². The number of aromatic nitrogens is 2. The van der Waals surface area contributed by atoms with Crippen LogP contribution in [0.1, 0.15) is 26.0 Å². The van der Waals surface area contributed by atoms with Gasteiger partial charge in [0.15, 0.2) is 0 Å². The van der Waals surface area contributed by atoms with Gasteiger partial charge in [0.1, 0.15) is 18.9 Å². The summed E-state index contributed by atoms with van der Waals surface area (Å²) < 4.78 is 11.8. The van der Waals surface area contributed by atoms with Crippen LogP contribution >= 0.6 is 8.09 Å². The molecule has 0 bridgehead atoms. The molecule has 1 fully saturated rings. The van der Waals surface area contributed by atoms with Gasteiger partial charge in [-0.15, -0.1) is 5.09 Å². The van der Waals surface area contributed by atoms with Crippen molar-refractivity contribution in [3.8, 4) is 0 Å². The first kappa shape index (κ1) is 18.7. The zero-order valence-electron chi connectivity index (χ0n) is 12.8. The van der Waals surface area contributed by atoms with Crippen molar-refractivity contribution in [1.82, 2.24) is 14.6 Å². The standard InChI is InChI=1S/C12H18N3O8P/c1-7(11(17)18)14-24(20,21)22-6-8-2-3-10(23-8)15-5-4-9(16)13-12(15)19/h4-5,7-8,10,14,20-21H,2-3,6H2,1H3,(H-,13,16,17,18,19)/p+1. The predicted molar refractivity (Wildman–Crippen MR) is 82.0 cm³/mol. The van der Waals surface area contributed by atoms with Gasteiger partial charge in [-0.2, -0.15) is 14.3 Å². The van der Waals surface area contributed by atoms with Gasteiger partial charge in [0.05, 0.1) is 6.10 Å². The second-order valence-electron chi connectivity index (χ2n) is 5.34. The maximum Gasteiger partial charge on any atom is 0.497 e. The highest BCUT2D eigenvalue weighted by atomic mass is 31.2. The molecular weight excluding hydrogens is 345 g/mol. The van der Waals surface area contributed by atoms with Crippen LogP contribution in [-0.4, -0.2) is 49.2 Å². The van der Waals surface area contributed by atoms with Crippen molar-refractivity contribution in [2.24, 2.45) is 0 Å². The molecule has 2 rings (SSSR count). The van der Waals surface area contributed by atoms with E-state index in [1.165, 1.54) is 23.8 Å². The Morgan fingerprint density at radius 2 is 2.25 bits per heavy atom. The number of hydrogen-bond donors (Lipinski definition) is 5. The number of carboxylic acids is 1. The van der Waals surface area contributed by atoms with Crippen LogP contribution in [0.5, 0.6) is 0 Å². The number of nitrogens with one attached hydrogen (secondary N) is 2. The zero-order chi connectivity index (χ0) is 17.9. The molecule has 1 aliphatic heterocycles. The Balaban J connectivity index is 1.89. The quantitative estimate of drug-likeness (QED) is 0.380. The minimum Gasteiger partial charge on any atom is -0.480 e. The van der Waals surface area contributed by atoms with Crippen LogP contribution in [0.2, 0.25) is 0 Å². The second-order valence-corrected chi connectivity index (χ2v) is 6.94. The Hall–Kier alpha value is -1.62. The Labute approximate surface area is 136 Å². The molecule has 0 aromatic carbocycles. The highest BCUT2D eigenvalue weighted by molar-refractivity contribution is 7.57. The first-order valence-electron chi connectivity index (χ1n) is 7.14. The van der Waals surface area contributed by atoms with Crippen molar-refractivity contribution < 1.29 is 28.9 Å². The summed E-state index contributed by atoms with van der Waals surface area (Å²) in [5.74, 6) is -1.25. The Morgan fingerprint density at radius 3 is 2.88 bits per heavy atom. The molecule has 0 aliphatic carbocycles. The van der Waals surface area contributed by atoms with Gasteiger partial charge in [-0.05, 0) is 19.8 Å². The van der Waals surface area contributed by atoms with Crippen molar-refractivity contribution >= 4 is 14.1 Å². The number of rotatable bonds is 7. The fourth-order valence-corrected chi connectivity index (χ4v) is 3.26. The van der Waals surface area contributed by atoms with Gasteiger partial charge < -0.3 is 9.84 Å². The molecule has 1 aliphatic rings. The molecule has 3 unspecified atom stereocenters. The van der Waals surface area contributed by atoms with Gasteiger partial charge in [-0.3, -0.25) is 19.1 Å². The average molecular weight is 364 g/mol. The molecule has 0 radical (unpaired) electrons. The fraction of sp³-hybridized carbons (Fsp3) is 0.583. The van der Waals surface area contributed by atoms with Crippen LogP contribution in [0.15, 0.2) is 21.9 Å². The van der Waals surface area contributed by atoms with E-state index in [2.05, 4.69) is 10.1 Å². The minimum absolute atomic E-state index is 0.186. The summed E-state index contributed by atoms with van der Waals surface area (Å²) in [4.78, 5) is 54.9. The lowest BCUT2D eigenvalue weighted by atomic mass is 10.2. The first-order chi connectivity index (χ1) is 11.2. The van der Waals surface area contributed by atoms with Crippen molar-refractivity contribution in [1.29, 1.82) is 0 Å². The molecule has 0 saturated carbocycles. The van der Waals surface area contributed by atoms with Crippen LogP contribution in [0.4, 0.5) is 0 Å². The maximum atomic E-state index is 11.7. The van der Waals surface area contributed by atoms with Crippen LogP contribution in [0, 0.1) is 0 Å². The summed E-state index contributed by atoms with van der Waals surface area (Å²) >= 11 is 0. The number of carbonyl (C=O) groups is 1. The Morgan fingerprint density at radius 1 is 1.54 bits per heavy atom. The number of H-pyrrole nitrogens is 1. The van der Waals surface area contributed by atoms with E-state index in [9.17, 15) is 24.2 Å². The Kier molecular flexibility index (Phi) is 5.86. The maximum absolute atomic E-state index is 11.7. The van der Waals surface area contributed by atoms with Gasteiger partial charge >= 0.3 is 19.8 Å². The first-order valence-corrected chi connectivity index (χ1v) is 8.76. The second kappa shape index (κ2) is 7.51. The van der Waals surface area contributed by atoms with Crippen LogP contribution in [0.3, 0.4) is 0 Å². The van der Waals surface area contributed by atoms with Crippen LogP contribution < -0.4 is 16.3 Å². The third kappa shape index (κ3) is 4.94. The summed E-state index contributed by atoms with van der Waals surface area (Å²) in [6.45, 7) is 1.06. The van der Waals surface area contributed by atoms with Gasteiger partial charge in [0.25, 0.3) is 5.56 Å². The number of hydrogen-bond acceptors (Lipinski definition) is 8. The molecule has 1 aromatic heterocycles. The highest BCUT2D eigenvalue weighted by Crippen LogP contribution is 2.47. The van der Waals surface area contributed by atoms with Crippen molar-refractivity contribution in [3.63, 3.8) is 0 Å². The lowest BCUT2D eigenvalue weighted by molar-refractivity contribution is -0.138. The summed E-state index contributed by atoms with van der Waals surface area (Å²) in [7, 11) is -4.04. The lowest BCUT2D eigenvalue weighted by Gasteiger charge is -2.17. The molecule has 11 nitrogen and oxygen atoms in total. The summed E-state index contributed by atoms with van der Waals surface area (Å²) in [6, 6.07) is 0.00867. The molecule has 0 amide bonds. The minimum atomic E-state index is -4.04. The smallest absolute Gasteiger partial charge is 0.480 e. The highest BCUT2D eigenvalue weighted by Gasteiger charge is 2.42. The number of nitrogens with zero attached hydrogens (tertiary/aromatic N) is 1. The van der Waals surface area contributed by atoms with Gasteiger partial charge in [-0.25, -0.2) is 4.79 Å². The number of ether oxygens (including phenoxy) is 1. The molecular formula is C12H19N3O8P+.